The van der Waals surface area contributed by atoms with Gasteiger partial charge in [-0.15, -0.1) is 0 Å². The fraction of sp³-hybridized carbons (Fsp3) is 0.588. The first-order valence-electron chi connectivity index (χ1n) is 7.84. The Hall–Kier alpha value is -1.44. The lowest BCUT2D eigenvalue weighted by molar-refractivity contribution is 0.164. The molecule has 1 N–H and O–H groups in total. The molecule has 0 aromatic heterocycles. The van der Waals surface area contributed by atoms with Crippen molar-refractivity contribution < 1.29 is 4.39 Å². The zero-order chi connectivity index (χ0) is 15.1. The Balaban J connectivity index is 1.92. The van der Waals surface area contributed by atoms with E-state index in [1.165, 1.54) is 18.6 Å². The Morgan fingerprint density at radius 3 is 3.10 bits per heavy atom. The van der Waals surface area contributed by atoms with Crippen LogP contribution in [0, 0.1) is 23.1 Å². The maximum Gasteiger partial charge on any atom is 0.127 e. The van der Waals surface area contributed by atoms with Gasteiger partial charge in [-0.1, -0.05) is 6.92 Å². The Kier molecular flexibility index (Phi) is 6.16. The van der Waals surface area contributed by atoms with E-state index in [1.807, 2.05) is 0 Å². The van der Waals surface area contributed by atoms with Crippen molar-refractivity contribution in [2.45, 2.75) is 32.7 Å². The third-order valence-electron chi connectivity index (χ3n) is 4.03. The van der Waals surface area contributed by atoms with Crippen molar-refractivity contribution >= 4 is 0 Å². The minimum Gasteiger partial charge on any atom is -0.316 e. The minimum atomic E-state index is -0.208. The molecule has 21 heavy (non-hydrogen) atoms. The zero-order valence-corrected chi connectivity index (χ0v) is 12.7. The summed E-state index contributed by atoms with van der Waals surface area (Å²) in [6, 6.07) is 6.69. The van der Waals surface area contributed by atoms with Crippen LogP contribution in [-0.4, -0.2) is 31.1 Å². The summed E-state index contributed by atoms with van der Waals surface area (Å²) in [6.45, 7) is 6.91. The van der Waals surface area contributed by atoms with Crippen LogP contribution in [0.5, 0.6) is 0 Å². The fourth-order valence-corrected chi connectivity index (χ4v) is 2.95. The molecule has 1 aromatic carbocycles. The molecule has 4 heteroatoms. The molecule has 2 rings (SSSR count). The van der Waals surface area contributed by atoms with Gasteiger partial charge in [-0.05, 0) is 63.0 Å². The van der Waals surface area contributed by atoms with Crippen molar-refractivity contribution in [2.24, 2.45) is 5.92 Å². The second-order valence-corrected chi connectivity index (χ2v) is 5.87. The molecule has 1 saturated heterocycles. The maximum atomic E-state index is 13.9. The summed E-state index contributed by atoms with van der Waals surface area (Å²) in [4.78, 5) is 2.31. The van der Waals surface area contributed by atoms with Gasteiger partial charge < -0.3 is 5.32 Å². The molecule has 1 aliphatic heterocycles. The number of hydrogen-bond acceptors (Lipinski definition) is 3. The first-order chi connectivity index (χ1) is 10.2. The first kappa shape index (κ1) is 15.9. The molecule has 3 nitrogen and oxygen atoms in total. The van der Waals surface area contributed by atoms with Gasteiger partial charge in [0.2, 0.25) is 0 Å². The van der Waals surface area contributed by atoms with Crippen LogP contribution in [0.1, 0.15) is 37.3 Å². The molecule has 1 aromatic rings. The molecule has 0 radical (unpaired) electrons. The summed E-state index contributed by atoms with van der Waals surface area (Å²) in [5.74, 6) is 0.438. The highest BCUT2D eigenvalue weighted by atomic mass is 19.1. The topological polar surface area (TPSA) is 39.1 Å². The normalized spacial score (nSPS) is 19.4. The van der Waals surface area contributed by atoms with Gasteiger partial charge in [0.1, 0.15) is 5.82 Å². The lowest BCUT2D eigenvalue weighted by Gasteiger charge is -2.33. The van der Waals surface area contributed by atoms with E-state index < -0.39 is 0 Å². The predicted octanol–water partition coefficient (Wildman–Crippen LogP) is 2.91. The van der Waals surface area contributed by atoms with Crippen LogP contribution in [0.2, 0.25) is 0 Å². The Labute approximate surface area is 126 Å². The molecule has 1 aliphatic rings. The highest BCUT2D eigenvalue weighted by molar-refractivity contribution is 5.33. The highest BCUT2D eigenvalue weighted by Gasteiger charge is 2.20. The number of nitriles is 1. The highest BCUT2D eigenvalue weighted by Crippen LogP contribution is 2.20. The molecule has 1 unspecified atom stereocenters. The molecule has 0 amide bonds. The largest absolute Gasteiger partial charge is 0.316 e. The Morgan fingerprint density at radius 1 is 1.48 bits per heavy atom. The number of rotatable bonds is 6. The van der Waals surface area contributed by atoms with Crippen molar-refractivity contribution in [3.05, 3.63) is 35.1 Å². The lowest BCUT2D eigenvalue weighted by Crippen LogP contribution is -2.39. The number of nitrogens with zero attached hydrogens (tertiary/aromatic N) is 2. The van der Waals surface area contributed by atoms with Gasteiger partial charge in [-0.2, -0.15) is 5.26 Å². The lowest BCUT2D eigenvalue weighted by atomic mass is 9.97. The number of piperidine rings is 1. The summed E-state index contributed by atoms with van der Waals surface area (Å²) in [7, 11) is 0. The predicted molar refractivity (Wildman–Crippen MR) is 82.3 cm³/mol. The molecule has 0 bridgehead atoms. The fourth-order valence-electron chi connectivity index (χ4n) is 2.95. The van der Waals surface area contributed by atoms with Crippen LogP contribution in [0.15, 0.2) is 18.2 Å². The average molecular weight is 289 g/mol. The second-order valence-electron chi connectivity index (χ2n) is 5.87. The summed E-state index contributed by atoms with van der Waals surface area (Å²) < 4.78 is 13.9. The monoisotopic (exact) mass is 289 g/mol. The van der Waals surface area contributed by atoms with E-state index in [1.54, 1.807) is 6.07 Å². The molecule has 0 aliphatic carbocycles. The first-order valence-corrected chi connectivity index (χ1v) is 7.84. The number of benzene rings is 1. The zero-order valence-electron chi connectivity index (χ0n) is 12.7. The standard InChI is InChI=1S/C17H24FN3/c1-2-7-20-11-15-4-3-8-21(12-15)13-16-9-14(10-19)5-6-17(16)18/h5-6,9,15,20H,2-4,7-8,11-13H2,1H3. The molecular formula is C17H24FN3. The number of likely N-dealkylation sites (tertiary alicyclic amines) is 1. The van der Waals surface area contributed by atoms with Crippen LogP contribution < -0.4 is 5.32 Å². The molecular weight excluding hydrogens is 265 g/mol. The third-order valence-corrected chi connectivity index (χ3v) is 4.03. The van der Waals surface area contributed by atoms with E-state index in [2.05, 4.69) is 23.2 Å². The molecule has 1 fully saturated rings. The number of halogens is 1. The van der Waals surface area contributed by atoms with Gasteiger partial charge in [-0.3, -0.25) is 4.90 Å². The van der Waals surface area contributed by atoms with Gasteiger partial charge in [0.25, 0.3) is 0 Å². The van der Waals surface area contributed by atoms with Crippen molar-refractivity contribution in [3.8, 4) is 6.07 Å². The van der Waals surface area contributed by atoms with Gasteiger partial charge in [0.15, 0.2) is 0 Å². The van der Waals surface area contributed by atoms with Crippen LogP contribution in [0.4, 0.5) is 4.39 Å². The van der Waals surface area contributed by atoms with Crippen molar-refractivity contribution in [1.29, 1.82) is 5.26 Å². The van der Waals surface area contributed by atoms with E-state index >= 15 is 0 Å². The molecule has 0 spiro atoms. The molecule has 0 saturated carbocycles. The third kappa shape index (κ3) is 4.80. The van der Waals surface area contributed by atoms with Crippen LogP contribution in [0.25, 0.3) is 0 Å². The SMILES string of the molecule is CCCNCC1CCCN(Cc2cc(C#N)ccc2F)C1. The van der Waals surface area contributed by atoms with Gasteiger partial charge in [0, 0.05) is 18.7 Å². The Morgan fingerprint density at radius 2 is 2.33 bits per heavy atom. The Bertz CT molecular complexity index is 495. The number of nitrogens with one attached hydrogen (secondary N) is 1. The average Bonchev–Trinajstić information content (AvgIpc) is 2.50. The second kappa shape index (κ2) is 8.11. The molecule has 1 atom stereocenters. The van der Waals surface area contributed by atoms with E-state index in [0.717, 1.165) is 39.0 Å². The summed E-state index contributed by atoms with van der Waals surface area (Å²) in [6.07, 6.45) is 3.56. The smallest absolute Gasteiger partial charge is 0.127 e. The van der Waals surface area contributed by atoms with Crippen LogP contribution in [-0.2, 0) is 6.54 Å². The summed E-state index contributed by atoms with van der Waals surface area (Å²) in [5, 5.41) is 12.4. The van der Waals surface area contributed by atoms with Gasteiger partial charge >= 0.3 is 0 Å². The van der Waals surface area contributed by atoms with Crippen molar-refractivity contribution in [2.75, 3.05) is 26.2 Å². The summed E-state index contributed by atoms with van der Waals surface area (Å²) in [5.41, 5.74) is 1.17. The van der Waals surface area contributed by atoms with E-state index in [4.69, 9.17) is 5.26 Å². The number of hydrogen-bond donors (Lipinski definition) is 1. The van der Waals surface area contributed by atoms with E-state index in [9.17, 15) is 4.39 Å². The molecule has 1 heterocycles. The van der Waals surface area contributed by atoms with Crippen molar-refractivity contribution in [3.63, 3.8) is 0 Å². The van der Waals surface area contributed by atoms with Gasteiger partial charge in [0.05, 0.1) is 11.6 Å². The van der Waals surface area contributed by atoms with Crippen molar-refractivity contribution in [1.82, 2.24) is 10.2 Å². The van der Waals surface area contributed by atoms with Crippen LogP contribution in [0.3, 0.4) is 0 Å². The van der Waals surface area contributed by atoms with E-state index in [-0.39, 0.29) is 5.82 Å². The summed E-state index contributed by atoms with van der Waals surface area (Å²) >= 11 is 0. The minimum absolute atomic E-state index is 0.208. The quantitative estimate of drug-likeness (QED) is 0.818. The van der Waals surface area contributed by atoms with Crippen LogP contribution >= 0.6 is 0 Å². The molecule has 114 valence electrons. The van der Waals surface area contributed by atoms with E-state index in [0.29, 0.717) is 23.6 Å². The van der Waals surface area contributed by atoms with Gasteiger partial charge in [-0.25, -0.2) is 4.39 Å². The maximum absolute atomic E-state index is 13.9.